The number of carbonyl (C=O) groups is 1. The predicted octanol–water partition coefficient (Wildman–Crippen LogP) is 3.49. The van der Waals surface area contributed by atoms with E-state index < -0.39 is 0 Å². The highest BCUT2D eigenvalue weighted by Crippen LogP contribution is 2.35. The average Bonchev–Trinajstić information content (AvgIpc) is 2.80. The molecule has 7 heteroatoms. The van der Waals surface area contributed by atoms with Crippen molar-refractivity contribution in [1.82, 2.24) is 10.2 Å². The summed E-state index contributed by atoms with van der Waals surface area (Å²) in [5.41, 5.74) is 6.68. The molecule has 0 radical (unpaired) electrons. The smallest absolute Gasteiger partial charge is 0.255 e. The molecule has 3 N–H and O–H groups in total. The minimum absolute atomic E-state index is 0. The van der Waals surface area contributed by atoms with E-state index in [9.17, 15) is 4.79 Å². The van der Waals surface area contributed by atoms with E-state index in [1.54, 1.807) is 19.1 Å². The summed E-state index contributed by atoms with van der Waals surface area (Å²) in [5.74, 6) is 5.97. The molecule has 5 nitrogen and oxygen atoms in total. The van der Waals surface area contributed by atoms with Crippen molar-refractivity contribution in [3.8, 4) is 17.6 Å². The number of rotatable bonds is 4. The lowest BCUT2D eigenvalue weighted by atomic mass is 9.97. The molecule has 0 spiro atoms. The zero-order chi connectivity index (χ0) is 18.8. The largest absolute Gasteiger partial charge is 0.477 e. The van der Waals surface area contributed by atoms with Crippen LogP contribution in [-0.2, 0) is 0 Å². The highest BCUT2D eigenvalue weighted by atomic mass is 35.5. The fourth-order valence-electron chi connectivity index (χ4n) is 4.06. The topological polar surface area (TPSA) is 67.6 Å². The maximum atomic E-state index is 12.9. The lowest BCUT2D eigenvalue weighted by molar-refractivity contribution is 0.0878. The Morgan fingerprint density at radius 2 is 2.00 bits per heavy atom. The second-order valence-corrected chi connectivity index (χ2v) is 7.62. The zero-order valence-electron chi connectivity index (χ0n) is 15.9. The predicted molar refractivity (Wildman–Crippen MR) is 112 cm³/mol. The molecule has 148 valence electrons. The van der Waals surface area contributed by atoms with Gasteiger partial charge >= 0.3 is 0 Å². The standard InChI is InChI=1S/C20H26ClN3O2.ClH/c1-4-5-12(2)26-19-11-18(22)17(21)10-16(19)20(25)23-13-8-14-6-7-15(9-13)24(14)3;/h10-15H,6-9,22H2,1-3H3,(H,23,25);1H/t12-,13?,14+,15?;/m0./s1. The monoisotopic (exact) mass is 411 g/mol. The van der Waals surface area contributed by atoms with E-state index in [0.717, 1.165) is 12.8 Å². The van der Waals surface area contributed by atoms with E-state index in [1.165, 1.54) is 12.8 Å². The third-order valence-corrected chi connectivity index (χ3v) is 5.76. The van der Waals surface area contributed by atoms with E-state index in [2.05, 4.69) is 29.1 Å². The number of ether oxygens (including phenoxy) is 1. The van der Waals surface area contributed by atoms with Crippen LogP contribution >= 0.6 is 24.0 Å². The highest BCUT2D eigenvalue weighted by molar-refractivity contribution is 6.33. The van der Waals surface area contributed by atoms with Crippen LogP contribution in [0.3, 0.4) is 0 Å². The van der Waals surface area contributed by atoms with Gasteiger partial charge in [-0.2, -0.15) is 0 Å². The third kappa shape index (κ3) is 4.82. The van der Waals surface area contributed by atoms with Gasteiger partial charge in [-0.3, -0.25) is 4.79 Å². The van der Waals surface area contributed by atoms with Crippen LogP contribution in [0.15, 0.2) is 12.1 Å². The van der Waals surface area contributed by atoms with Crippen molar-refractivity contribution in [2.75, 3.05) is 12.8 Å². The normalized spacial score (nSPS) is 25.0. The fraction of sp³-hybridized carbons (Fsp3) is 0.550. The molecule has 0 aromatic heterocycles. The number of nitrogens with two attached hydrogens (primary N) is 1. The van der Waals surface area contributed by atoms with Gasteiger partial charge in [0.25, 0.3) is 5.91 Å². The second-order valence-electron chi connectivity index (χ2n) is 7.22. The summed E-state index contributed by atoms with van der Waals surface area (Å²) in [7, 11) is 2.18. The van der Waals surface area contributed by atoms with E-state index in [0.29, 0.717) is 34.1 Å². The molecule has 2 fully saturated rings. The van der Waals surface area contributed by atoms with Gasteiger partial charge in [0.15, 0.2) is 6.10 Å². The summed E-state index contributed by atoms with van der Waals surface area (Å²) in [6, 6.07) is 4.48. The summed E-state index contributed by atoms with van der Waals surface area (Å²) >= 11 is 6.15. The van der Waals surface area contributed by atoms with Crippen LogP contribution in [0.5, 0.6) is 5.75 Å². The van der Waals surface area contributed by atoms with E-state index in [1.807, 2.05) is 6.92 Å². The van der Waals surface area contributed by atoms with Crippen molar-refractivity contribution in [1.29, 1.82) is 0 Å². The maximum Gasteiger partial charge on any atom is 0.255 e. The Morgan fingerprint density at radius 3 is 2.59 bits per heavy atom. The van der Waals surface area contributed by atoms with Crippen molar-refractivity contribution in [3.05, 3.63) is 22.7 Å². The van der Waals surface area contributed by atoms with Crippen LogP contribution in [0.25, 0.3) is 0 Å². The van der Waals surface area contributed by atoms with Gasteiger partial charge in [0.1, 0.15) is 5.75 Å². The Bertz CT molecular complexity index is 746. The first-order valence-corrected chi connectivity index (χ1v) is 9.47. The lowest BCUT2D eigenvalue weighted by Gasteiger charge is -2.36. The number of fused-ring (bicyclic) bond motifs is 2. The van der Waals surface area contributed by atoms with Gasteiger partial charge in [-0.05, 0) is 52.6 Å². The van der Waals surface area contributed by atoms with E-state index in [-0.39, 0.29) is 30.5 Å². The number of halogens is 2. The molecule has 2 heterocycles. The first kappa shape index (κ1) is 21.7. The van der Waals surface area contributed by atoms with Crippen molar-refractivity contribution in [2.45, 2.75) is 63.8 Å². The Kier molecular flexibility index (Phi) is 7.27. The summed E-state index contributed by atoms with van der Waals surface area (Å²) in [6.07, 6.45) is 4.04. The SMILES string of the molecule is CC#C[C@H](C)Oc1cc(N)c(Cl)cc1C(=O)NC1CC2CC[C@H](C1)N2C.Cl. The van der Waals surface area contributed by atoms with Crippen molar-refractivity contribution in [3.63, 3.8) is 0 Å². The van der Waals surface area contributed by atoms with Crippen LogP contribution in [0, 0.1) is 11.8 Å². The van der Waals surface area contributed by atoms with Crippen LogP contribution < -0.4 is 15.8 Å². The van der Waals surface area contributed by atoms with Crippen LogP contribution in [0.4, 0.5) is 5.69 Å². The van der Waals surface area contributed by atoms with Gasteiger partial charge in [-0.1, -0.05) is 17.5 Å². The Labute approximate surface area is 172 Å². The molecule has 0 saturated carbocycles. The molecule has 1 aromatic rings. The molecule has 4 atom stereocenters. The lowest BCUT2D eigenvalue weighted by Crippen LogP contribution is -2.48. The Hall–Kier alpha value is -1.61. The maximum absolute atomic E-state index is 12.9. The molecule has 27 heavy (non-hydrogen) atoms. The second kappa shape index (κ2) is 9.05. The molecule has 2 bridgehead atoms. The Morgan fingerprint density at radius 1 is 1.37 bits per heavy atom. The molecule has 0 aliphatic carbocycles. The molecule has 2 unspecified atom stereocenters. The van der Waals surface area contributed by atoms with Gasteiger partial charge < -0.3 is 20.7 Å². The first-order chi connectivity index (χ1) is 12.4. The molecule has 1 aromatic carbocycles. The molecular weight excluding hydrogens is 385 g/mol. The quantitative estimate of drug-likeness (QED) is 0.587. The Balaban J connectivity index is 0.00000261. The number of nitrogens with zero attached hydrogens (tertiary/aromatic N) is 1. The fourth-order valence-corrected chi connectivity index (χ4v) is 4.22. The number of nitrogen functional groups attached to an aromatic ring is 1. The van der Waals surface area contributed by atoms with Crippen LogP contribution in [0.2, 0.25) is 5.02 Å². The number of anilines is 1. The number of amides is 1. The van der Waals surface area contributed by atoms with Gasteiger partial charge in [0.05, 0.1) is 16.3 Å². The number of hydrogen-bond acceptors (Lipinski definition) is 4. The number of piperidine rings is 1. The molecular formula is C20H27Cl2N3O2. The summed E-state index contributed by atoms with van der Waals surface area (Å²) < 4.78 is 5.82. The third-order valence-electron chi connectivity index (χ3n) is 5.43. The van der Waals surface area contributed by atoms with Crippen LogP contribution in [0.1, 0.15) is 49.9 Å². The molecule has 1 amide bonds. The van der Waals surface area contributed by atoms with Crippen molar-refractivity contribution < 1.29 is 9.53 Å². The van der Waals surface area contributed by atoms with Gasteiger partial charge in [-0.15, -0.1) is 18.3 Å². The molecule has 2 aliphatic rings. The number of carbonyl (C=O) groups excluding carboxylic acids is 1. The number of benzene rings is 1. The van der Waals surface area contributed by atoms with Gasteiger partial charge in [0, 0.05) is 24.2 Å². The van der Waals surface area contributed by atoms with Crippen LogP contribution in [-0.4, -0.2) is 42.1 Å². The minimum Gasteiger partial charge on any atom is -0.477 e. The molecule has 2 aliphatic heterocycles. The summed E-state index contributed by atoms with van der Waals surface area (Å²) in [6.45, 7) is 3.58. The number of nitrogens with one attached hydrogen (secondary N) is 1. The zero-order valence-corrected chi connectivity index (χ0v) is 17.5. The highest BCUT2D eigenvalue weighted by Gasteiger charge is 2.39. The van der Waals surface area contributed by atoms with Crippen molar-refractivity contribution >= 4 is 35.6 Å². The van der Waals surface area contributed by atoms with Gasteiger partial charge in [-0.25, -0.2) is 0 Å². The first-order valence-electron chi connectivity index (χ1n) is 9.09. The van der Waals surface area contributed by atoms with Crippen molar-refractivity contribution in [2.24, 2.45) is 0 Å². The van der Waals surface area contributed by atoms with E-state index >= 15 is 0 Å². The summed E-state index contributed by atoms with van der Waals surface area (Å²) in [5, 5.41) is 3.52. The number of hydrogen-bond donors (Lipinski definition) is 2. The minimum atomic E-state index is -0.341. The molecule has 3 rings (SSSR count). The van der Waals surface area contributed by atoms with E-state index in [4.69, 9.17) is 22.1 Å². The molecule has 2 saturated heterocycles. The summed E-state index contributed by atoms with van der Waals surface area (Å²) in [4.78, 5) is 15.4. The average molecular weight is 412 g/mol. The van der Waals surface area contributed by atoms with Gasteiger partial charge in [0.2, 0.25) is 0 Å².